The van der Waals surface area contributed by atoms with Crippen LogP contribution in [-0.4, -0.2) is 12.8 Å². The van der Waals surface area contributed by atoms with Crippen molar-refractivity contribution in [1.29, 1.82) is 0 Å². The lowest BCUT2D eigenvalue weighted by atomic mass is 10.2. The van der Waals surface area contributed by atoms with Crippen LogP contribution in [0, 0.1) is 0 Å². The van der Waals surface area contributed by atoms with E-state index in [0.717, 1.165) is 10.4 Å². The van der Waals surface area contributed by atoms with Gasteiger partial charge in [-0.25, -0.2) is 0 Å². The predicted molar refractivity (Wildman–Crippen MR) is 47.8 cm³/mol. The minimum Gasteiger partial charge on any atom is -0.252 e. The van der Waals surface area contributed by atoms with Gasteiger partial charge in [0.25, 0.3) is 0 Å². The third-order valence-corrected chi connectivity index (χ3v) is 2.35. The first-order chi connectivity index (χ1) is 4.86. The van der Waals surface area contributed by atoms with E-state index in [1.807, 2.05) is 26.0 Å². The average Bonchev–Trinajstić information content (AvgIpc) is 2.27. The van der Waals surface area contributed by atoms with Crippen LogP contribution < -0.4 is 4.91 Å². The summed E-state index contributed by atoms with van der Waals surface area (Å²) >= 11 is 1.74. The largest absolute Gasteiger partial charge is 0.252 e. The van der Waals surface area contributed by atoms with Gasteiger partial charge in [-0.15, -0.1) is 11.3 Å². The number of hydrogen-bond acceptors (Lipinski definition) is 2. The fraction of sp³-hybridized carbons (Fsp3) is 0. The van der Waals surface area contributed by atoms with E-state index in [4.69, 9.17) is 0 Å². The first-order valence-corrected chi connectivity index (χ1v) is 4.00. The first-order valence-electron chi connectivity index (χ1n) is 3.18. The van der Waals surface area contributed by atoms with Crippen LogP contribution in [0.2, 0.25) is 0 Å². The van der Waals surface area contributed by atoms with Gasteiger partial charge in [0.2, 0.25) is 0 Å². The van der Waals surface area contributed by atoms with Gasteiger partial charge < -0.3 is 0 Å². The summed E-state index contributed by atoms with van der Waals surface area (Å²) in [5.41, 5.74) is 1.12. The van der Waals surface area contributed by atoms with Gasteiger partial charge in [-0.05, 0) is 12.1 Å². The van der Waals surface area contributed by atoms with Gasteiger partial charge in [-0.2, -0.15) is 0 Å². The molecular formula is C7H6BNS. The Hall–Kier alpha value is -0.825. The Morgan fingerprint density at radius 2 is 2.10 bits per heavy atom. The molecular weight excluding hydrogens is 141 g/mol. The van der Waals surface area contributed by atoms with Crippen molar-refractivity contribution in [1.82, 2.24) is 4.98 Å². The molecule has 48 valence electrons. The summed E-state index contributed by atoms with van der Waals surface area (Å²) in [4.78, 5) is 5.47. The molecule has 1 aromatic heterocycles. The Kier molecular flexibility index (Phi) is 1.24. The van der Waals surface area contributed by atoms with Crippen LogP contribution >= 0.6 is 11.3 Å². The second kappa shape index (κ2) is 2.09. The lowest BCUT2D eigenvalue weighted by Crippen LogP contribution is -1.96. The highest BCUT2D eigenvalue weighted by Gasteiger charge is 1.95. The van der Waals surface area contributed by atoms with Crippen LogP contribution in [0.5, 0.6) is 0 Å². The topological polar surface area (TPSA) is 12.9 Å². The van der Waals surface area contributed by atoms with Crippen molar-refractivity contribution < 1.29 is 0 Å². The van der Waals surface area contributed by atoms with E-state index in [1.165, 1.54) is 4.70 Å². The number of aromatic nitrogens is 1. The molecule has 0 spiro atoms. The van der Waals surface area contributed by atoms with Crippen LogP contribution in [0.3, 0.4) is 0 Å². The zero-order valence-electron chi connectivity index (χ0n) is 5.66. The Balaban J connectivity index is 2.88. The fourth-order valence-corrected chi connectivity index (χ4v) is 1.81. The molecule has 0 amide bonds. The lowest BCUT2D eigenvalue weighted by molar-refractivity contribution is 1.55. The van der Waals surface area contributed by atoms with E-state index in [9.17, 15) is 0 Å². The van der Waals surface area contributed by atoms with Crippen LogP contribution in [0.1, 0.15) is 0 Å². The molecule has 0 aliphatic carbocycles. The van der Waals surface area contributed by atoms with Crippen molar-refractivity contribution in [3.8, 4) is 0 Å². The normalized spacial score (nSPS) is 10.4. The van der Waals surface area contributed by atoms with E-state index in [-0.39, 0.29) is 0 Å². The Bertz CT molecular complexity index is 322. The third kappa shape index (κ3) is 0.828. The number of thiazole rings is 1. The van der Waals surface area contributed by atoms with E-state index in [0.29, 0.717) is 0 Å². The number of para-hydroxylation sites is 1. The van der Waals surface area contributed by atoms with Crippen molar-refractivity contribution in [2.24, 2.45) is 0 Å². The first kappa shape index (κ1) is 5.92. The molecule has 0 saturated carbocycles. The Morgan fingerprint density at radius 3 is 2.90 bits per heavy atom. The molecule has 2 aromatic rings. The van der Waals surface area contributed by atoms with Crippen molar-refractivity contribution in [2.45, 2.75) is 0 Å². The summed E-state index contributed by atoms with van der Waals surface area (Å²) in [5.74, 6) is 0. The van der Waals surface area contributed by atoms with Gasteiger partial charge in [0.05, 0.1) is 10.2 Å². The van der Waals surface area contributed by atoms with Crippen LogP contribution in [0.15, 0.2) is 24.3 Å². The van der Waals surface area contributed by atoms with E-state index in [1.54, 1.807) is 11.3 Å². The molecule has 0 N–H and O–H groups in total. The molecule has 1 aromatic carbocycles. The molecule has 0 radical (unpaired) electrons. The summed E-state index contributed by atoms with van der Waals surface area (Å²) in [6, 6.07) is 8.19. The van der Waals surface area contributed by atoms with Crippen LogP contribution in [0.4, 0.5) is 0 Å². The molecule has 10 heavy (non-hydrogen) atoms. The zero-order chi connectivity index (χ0) is 6.97. The van der Waals surface area contributed by atoms with E-state index in [2.05, 4.69) is 11.1 Å². The van der Waals surface area contributed by atoms with Crippen molar-refractivity contribution >= 4 is 34.3 Å². The Labute approximate surface area is 64.1 Å². The maximum atomic E-state index is 4.33. The number of fused-ring (bicyclic) bond motifs is 1. The number of hydrogen-bond donors (Lipinski definition) is 0. The molecule has 0 unspecified atom stereocenters. The number of rotatable bonds is 0. The molecule has 0 fully saturated rings. The molecule has 3 heteroatoms. The van der Waals surface area contributed by atoms with Crippen molar-refractivity contribution in [2.75, 3.05) is 0 Å². The van der Waals surface area contributed by atoms with E-state index < -0.39 is 0 Å². The summed E-state index contributed by atoms with van der Waals surface area (Å²) in [7, 11) is 2.03. The molecule has 1 nitrogen and oxygen atoms in total. The zero-order valence-corrected chi connectivity index (χ0v) is 6.48. The minimum atomic E-state index is 1.12. The van der Waals surface area contributed by atoms with Gasteiger partial charge in [0.15, 0.2) is 7.85 Å². The second-order valence-electron chi connectivity index (χ2n) is 2.20. The number of nitrogens with zero attached hydrogens (tertiary/aromatic N) is 1. The molecule has 0 saturated heterocycles. The fourth-order valence-electron chi connectivity index (χ4n) is 0.987. The lowest BCUT2D eigenvalue weighted by Gasteiger charge is -1.80. The molecule has 1 heterocycles. The second-order valence-corrected chi connectivity index (χ2v) is 3.44. The van der Waals surface area contributed by atoms with Gasteiger partial charge in [-0.1, -0.05) is 12.1 Å². The molecule has 2 rings (SSSR count). The average molecular weight is 147 g/mol. The van der Waals surface area contributed by atoms with Crippen LogP contribution in [0.25, 0.3) is 10.2 Å². The van der Waals surface area contributed by atoms with E-state index >= 15 is 0 Å². The third-order valence-electron chi connectivity index (χ3n) is 1.40. The molecule has 0 aliphatic heterocycles. The highest BCUT2D eigenvalue weighted by atomic mass is 32.1. The maximum absolute atomic E-state index is 4.33. The molecule has 0 aliphatic rings. The summed E-state index contributed by atoms with van der Waals surface area (Å²) in [5, 5.41) is 0. The quantitative estimate of drug-likeness (QED) is 0.496. The SMILES string of the molecule is Bc1nc2ccccc2s1. The highest BCUT2D eigenvalue weighted by Crippen LogP contribution is 2.13. The maximum Gasteiger partial charge on any atom is 0.177 e. The monoisotopic (exact) mass is 147 g/mol. The van der Waals surface area contributed by atoms with Gasteiger partial charge >= 0.3 is 0 Å². The minimum absolute atomic E-state index is 1.12. The van der Waals surface area contributed by atoms with Crippen molar-refractivity contribution in [3.63, 3.8) is 0 Å². The van der Waals surface area contributed by atoms with Gasteiger partial charge in [0.1, 0.15) is 0 Å². The number of benzene rings is 1. The molecule has 0 bridgehead atoms. The van der Waals surface area contributed by atoms with Gasteiger partial charge in [0, 0.05) is 4.91 Å². The molecule has 0 atom stereocenters. The summed E-state index contributed by atoms with van der Waals surface area (Å²) < 4.78 is 1.28. The standard InChI is InChI=1S/C7H6BNS/c8-7-9-5-3-1-2-4-6(5)10-7/h1-4H,8H2. The highest BCUT2D eigenvalue weighted by molar-refractivity contribution is 7.25. The van der Waals surface area contributed by atoms with Crippen molar-refractivity contribution in [3.05, 3.63) is 24.3 Å². The summed E-state index contributed by atoms with van der Waals surface area (Å²) in [6.45, 7) is 0. The Morgan fingerprint density at radius 1 is 1.30 bits per heavy atom. The smallest absolute Gasteiger partial charge is 0.177 e. The predicted octanol–water partition coefficient (Wildman–Crippen LogP) is 0.555. The van der Waals surface area contributed by atoms with Crippen LogP contribution in [-0.2, 0) is 0 Å². The van der Waals surface area contributed by atoms with Gasteiger partial charge in [-0.3, -0.25) is 4.98 Å². The summed E-state index contributed by atoms with van der Waals surface area (Å²) in [6.07, 6.45) is 0.